The molecule has 0 radical (unpaired) electrons. The van der Waals surface area contributed by atoms with E-state index in [-0.39, 0.29) is 17.2 Å². The van der Waals surface area contributed by atoms with Crippen LogP contribution in [0.4, 0.5) is 4.39 Å². The highest BCUT2D eigenvalue weighted by Gasteiger charge is 2.12. The summed E-state index contributed by atoms with van der Waals surface area (Å²) in [6, 6.07) is 9.50. The summed E-state index contributed by atoms with van der Waals surface area (Å²) < 4.78 is 13.2. The summed E-state index contributed by atoms with van der Waals surface area (Å²) in [6.45, 7) is 0. The molecule has 0 spiro atoms. The number of hydrogen-bond acceptors (Lipinski definition) is 2. The first kappa shape index (κ1) is 11.7. The smallest absolute Gasteiger partial charge is 0.185 e. The van der Waals surface area contributed by atoms with Gasteiger partial charge in [0.25, 0.3) is 0 Å². The van der Waals surface area contributed by atoms with Crippen LogP contribution < -0.4 is 0 Å². The van der Waals surface area contributed by atoms with Crippen molar-refractivity contribution in [2.75, 3.05) is 0 Å². The van der Waals surface area contributed by atoms with Crippen LogP contribution >= 0.6 is 11.6 Å². The standard InChI is InChI=1S/C13H9ClFNO/c14-13-9(4-3-5-10(13)15)8-12(17)11-6-1-2-7-16-11/h1-7H,8H2. The molecular weight excluding hydrogens is 241 g/mol. The fourth-order valence-corrected chi connectivity index (χ4v) is 1.67. The van der Waals surface area contributed by atoms with Crippen molar-refractivity contribution in [1.82, 2.24) is 4.98 Å². The van der Waals surface area contributed by atoms with Crippen LogP contribution in [-0.4, -0.2) is 10.8 Å². The van der Waals surface area contributed by atoms with Crippen LogP contribution in [0, 0.1) is 5.82 Å². The van der Waals surface area contributed by atoms with Crippen LogP contribution in [0.25, 0.3) is 0 Å². The monoisotopic (exact) mass is 249 g/mol. The third-order valence-corrected chi connectivity index (χ3v) is 2.76. The third-order valence-electron chi connectivity index (χ3n) is 2.33. The first-order valence-electron chi connectivity index (χ1n) is 5.05. The van der Waals surface area contributed by atoms with Gasteiger partial charge in [0, 0.05) is 12.6 Å². The number of hydrogen-bond donors (Lipinski definition) is 0. The van der Waals surface area contributed by atoms with Gasteiger partial charge in [-0.1, -0.05) is 29.8 Å². The average molecular weight is 250 g/mol. The molecule has 2 rings (SSSR count). The second kappa shape index (κ2) is 5.06. The van der Waals surface area contributed by atoms with Crippen molar-refractivity contribution >= 4 is 17.4 Å². The first-order valence-corrected chi connectivity index (χ1v) is 5.43. The molecule has 0 aliphatic carbocycles. The van der Waals surface area contributed by atoms with Crippen LogP contribution in [0.15, 0.2) is 42.6 Å². The Morgan fingerprint density at radius 1 is 1.24 bits per heavy atom. The zero-order valence-electron chi connectivity index (χ0n) is 8.86. The minimum Gasteiger partial charge on any atom is -0.292 e. The van der Waals surface area contributed by atoms with E-state index >= 15 is 0 Å². The summed E-state index contributed by atoms with van der Waals surface area (Å²) in [5.41, 5.74) is 0.829. The van der Waals surface area contributed by atoms with E-state index in [1.165, 1.54) is 12.1 Å². The molecule has 2 aromatic rings. The van der Waals surface area contributed by atoms with Gasteiger partial charge < -0.3 is 0 Å². The lowest BCUT2D eigenvalue weighted by Crippen LogP contribution is -2.06. The number of carbonyl (C=O) groups excluding carboxylic acids is 1. The maximum atomic E-state index is 13.2. The van der Waals surface area contributed by atoms with Crippen LogP contribution in [0.1, 0.15) is 16.1 Å². The highest BCUT2D eigenvalue weighted by Crippen LogP contribution is 2.20. The van der Waals surface area contributed by atoms with Crippen molar-refractivity contribution in [1.29, 1.82) is 0 Å². The van der Waals surface area contributed by atoms with Crippen LogP contribution in [0.3, 0.4) is 0 Å². The fourth-order valence-electron chi connectivity index (χ4n) is 1.48. The Hall–Kier alpha value is -1.74. The van der Waals surface area contributed by atoms with E-state index in [2.05, 4.69) is 4.98 Å². The highest BCUT2D eigenvalue weighted by molar-refractivity contribution is 6.31. The van der Waals surface area contributed by atoms with Crippen LogP contribution in [-0.2, 0) is 6.42 Å². The van der Waals surface area contributed by atoms with Gasteiger partial charge in [-0.25, -0.2) is 4.39 Å². The van der Waals surface area contributed by atoms with Gasteiger partial charge >= 0.3 is 0 Å². The van der Waals surface area contributed by atoms with E-state index in [1.807, 2.05) is 0 Å². The van der Waals surface area contributed by atoms with Gasteiger partial charge in [-0.3, -0.25) is 9.78 Å². The topological polar surface area (TPSA) is 30.0 Å². The van der Waals surface area contributed by atoms with Crippen LogP contribution in [0.5, 0.6) is 0 Å². The second-order valence-electron chi connectivity index (χ2n) is 3.53. The summed E-state index contributed by atoms with van der Waals surface area (Å²) in [5, 5.41) is -0.00298. The molecular formula is C13H9ClFNO. The lowest BCUT2D eigenvalue weighted by atomic mass is 10.1. The number of benzene rings is 1. The molecule has 0 fully saturated rings. The molecule has 0 saturated heterocycles. The average Bonchev–Trinajstić information content (AvgIpc) is 2.36. The molecule has 86 valence electrons. The van der Waals surface area contributed by atoms with Gasteiger partial charge in [0.05, 0.1) is 5.02 Å². The summed E-state index contributed by atoms with van der Waals surface area (Å²) in [7, 11) is 0. The summed E-state index contributed by atoms with van der Waals surface area (Å²) in [5.74, 6) is -0.698. The van der Waals surface area contributed by atoms with E-state index in [4.69, 9.17) is 11.6 Å². The summed E-state index contributed by atoms with van der Waals surface area (Å²) in [6.07, 6.45) is 1.59. The number of Topliss-reactive ketones (excluding diaryl/α,β-unsaturated/α-hetero) is 1. The molecule has 0 amide bonds. The number of carbonyl (C=O) groups is 1. The molecule has 0 aliphatic rings. The molecule has 0 aliphatic heterocycles. The van der Waals surface area contributed by atoms with Gasteiger partial charge in [0.1, 0.15) is 11.5 Å². The molecule has 1 heterocycles. The van der Waals surface area contributed by atoms with E-state index in [0.717, 1.165) is 0 Å². The number of halogens is 2. The molecule has 0 unspecified atom stereocenters. The largest absolute Gasteiger partial charge is 0.292 e. The van der Waals surface area contributed by atoms with Crippen molar-refractivity contribution < 1.29 is 9.18 Å². The Labute approximate surface area is 103 Å². The van der Waals surface area contributed by atoms with E-state index < -0.39 is 5.82 Å². The summed E-state index contributed by atoms with van der Waals surface area (Å²) >= 11 is 5.78. The number of rotatable bonds is 3. The molecule has 1 aromatic carbocycles. The van der Waals surface area contributed by atoms with Gasteiger partial charge in [-0.2, -0.15) is 0 Å². The van der Waals surface area contributed by atoms with Gasteiger partial charge in [0.15, 0.2) is 5.78 Å². The highest BCUT2D eigenvalue weighted by atomic mass is 35.5. The SMILES string of the molecule is O=C(Cc1cccc(F)c1Cl)c1ccccn1. The number of aromatic nitrogens is 1. The van der Waals surface area contributed by atoms with Crippen LogP contribution in [0.2, 0.25) is 5.02 Å². The first-order chi connectivity index (χ1) is 8.18. The maximum absolute atomic E-state index is 13.2. The van der Waals surface area contributed by atoms with E-state index in [1.54, 1.807) is 30.5 Å². The number of pyridine rings is 1. The van der Waals surface area contributed by atoms with Gasteiger partial charge in [-0.05, 0) is 23.8 Å². The molecule has 4 heteroatoms. The molecule has 0 atom stereocenters. The zero-order valence-corrected chi connectivity index (χ0v) is 9.62. The third kappa shape index (κ3) is 2.68. The second-order valence-corrected chi connectivity index (χ2v) is 3.91. The fraction of sp³-hybridized carbons (Fsp3) is 0.0769. The minimum atomic E-state index is -0.516. The number of nitrogens with zero attached hydrogens (tertiary/aromatic N) is 1. The molecule has 2 nitrogen and oxygen atoms in total. The quantitative estimate of drug-likeness (QED) is 0.782. The predicted octanol–water partition coefficient (Wildman–Crippen LogP) is 3.30. The zero-order chi connectivity index (χ0) is 12.3. The molecule has 17 heavy (non-hydrogen) atoms. The maximum Gasteiger partial charge on any atom is 0.185 e. The lowest BCUT2D eigenvalue weighted by Gasteiger charge is -2.03. The van der Waals surface area contributed by atoms with Gasteiger partial charge in [0.2, 0.25) is 0 Å². The van der Waals surface area contributed by atoms with Crippen molar-refractivity contribution in [3.63, 3.8) is 0 Å². The molecule has 0 saturated carbocycles. The van der Waals surface area contributed by atoms with Crippen molar-refractivity contribution in [2.24, 2.45) is 0 Å². The Kier molecular flexibility index (Phi) is 3.49. The molecule has 1 aromatic heterocycles. The molecule has 0 bridgehead atoms. The minimum absolute atomic E-state index is 0.00298. The Morgan fingerprint density at radius 2 is 2.06 bits per heavy atom. The van der Waals surface area contributed by atoms with Crippen molar-refractivity contribution in [3.8, 4) is 0 Å². The van der Waals surface area contributed by atoms with E-state index in [9.17, 15) is 9.18 Å². The lowest BCUT2D eigenvalue weighted by molar-refractivity contribution is 0.0988. The van der Waals surface area contributed by atoms with E-state index in [0.29, 0.717) is 11.3 Å². The van der Waals surface area contributed by atoms with Crippen molar-refractivity contribution in [3.05, 3.63) is 64.7 Å². The Balaban J connectivity index is 2.22. The number of ketones is 1. The Morgan fingerprint density at radius 3 is 2.76 bits per heavy atom. The van der Waals surface area contributed by atoms with Crippen molar-refractivity contribution in [2.45, 2.75) is 6.42 Å². The molecule has 0 N–H and O–H groups in total. The predicted molar refractivity (Wildman–Crippen MR) is 63.7 cm³/mol. The van der Waals surface area contributed by atoms with Gasteiger partial charge in [-0.15, -0.1) is 0 Å². The normalized spacial score (nSPS) is 10.2. The summed E-state index contributed by atoms with van der Waals surface area (Å²) in [4.78, 5) is 15.8. The Bertz CT molecular complexity index is 542.